The molecule has 0 bridgehead atoms. The van der Waals surface area contributed by atoms with Gasteiger partial charge in [0.05, 0.1) is 0 Å². The molecule has 1 saturated carbocycles. The van der Waals surface area contributed by atoms with Gasteiger partial charge in [-0.15, -0.1) is 10.2 Å². The zero-order valence-corrected chi connectivity index (χ0v) is 14.9. The standard InChI is InChI=1S/C17H32N6/c1-4-16-22-20-13-23(16)12-11-19-17(18-10-9-14(2)3)21-15-7-5-6-8-15/h13-15H,4-12H2,1-3H3,(H2,18,19,21). The van der Waals surface area contributed by atoms with Crippen molar-refractivity contribution in [1.82, 2.24) is 25.4 Å². The van der Waals surface area contributed by atoms with E-state index >= 15 is 0 Å². The first-order chi connectivity index (χ1) is 11.2. The van der Waals surface area contributed by atoms with E-state index in [9.17, 15) is 0 Å². The fraction of sp³-hybridized carbons (Fsp3) is 0.824. The van der Waals surface area contributed by atoms with Crippen LogP contribution < -0.4 is 10.6 Å². The lowest BCUT2D eigenvalue weighted by atomic mass is 10.1. The molecule has 0 amide bonds. The van der Waals surface area contributed by atoms with E-state index in [1.165, 1.54) is 25.7 Å². The number of nitrogens with zero attached hydrogens (tertiary/aromatic N) is 4. The summed E-state index contributed by atoms with van der Waals surface area (Å²) < 4.78 is 2.11. The molecule has 1 heterocycles. The van der Waals surface area contributed by atoms with Crippen LogP contribution in [0.5, 0.6) is 0 Å². The maximum Gasteiger partial charge on any atom is 0.191 e. The molecule has 6 heteroatoms. The number of aryl methyl sites for hydroxylation is 1. The number of nitrogens with one attached hydrogen (secondary N) is 2. The van der Waals surface area contributed by atoms with Gasteiger partial charge in [-0.1, -0.05) is 33.6 Å². The van der Waals surface area contributed by atoms with E-state index in [0.717, 1.165) is 44.3 Å². The van der Waals surface area contributed by atoms with Crippen LogP contribution in [0.4, 0.5) is 0 Å². The van der Waals surface area contributed by atoms with Gasteiger partial charge in [-0.25, -0.2) is 0 Å². The molecule has 0 saturated heterocycles. The molecule has 0 spiro atoms. The number of guanidine groups is 1. The Balaban J connectivity index is 1.82. The molecule has 23 heavy (non-hydrogen) atoms. The van der Waals surface area contributed by atoms with Crippen LogP contribution in [0.3, 0.4) is 0 Å². The van der Waals surface area contributed by atoms with Crippen molar-refractivity contribution in [2.45, 2.75) is 71.9 Å². The third-order valence-corrected chi connectivity index (χ3v) is 4.33. The Morgan fingerprint density at radius 3 is 2.87 bits per heavy atom. The zero-order valence-electron chi connectivity index (χ0n) is 14.9. The molecule has 2 N–H and O–H groups in total. The minimum Gasteiger partial charge on any atom is -0.355 e. The highest BCUT2D eigenvalue weighted by Crippen LogP contribution is 2.17. The largest absolute Gasteiger partial charge is 0.355 e. The van der Waals surface area contributed by atoms with Crippen LogP contribution in [0.25, 0.3) is 0 Å². The van der Waals surface area contributed by atoms with Gasteiger partial charge in [0.15, 0.2) is 5.96 Å². The fourth-order valence-electron chi connectivity index (χ4n) is 2.88. The second-order valence-electron chi connectivity index (χ2n) is 6.76. The van der Waals surface area contributed by atoms with E-state index in [0.29, 0.717) is 12.0 Å². The number of rotatable bonds is 8. The van der Waals surface area contributed by atoms with Crippen molar-refractivity contribution in [3.8, 4) is 0 Å². The molecule has 130 valence electrons. The summed E-state index contributed by atoms with van der Waals surface area (Å²) >= 11 is 0. The highest BCUT2D eigenvalue weighted by Gasteiger charge is 2.16. The van der Waals surface area contributed by atoms with Crippen molar-refractivity contribution in [3.05, 3.63) is 12.2 Å². The fourth-order valence-corrected chi connectivity index (χ4v) is 2.88. The van der Waals surface area contributed by atoms with Crippen molar-refractivity contribution >= 4 is 5.96 Å². The highest BCUT2D eigenvalue weighted by atomic mass is 15.3. The molecule has 1 aliphatic carbocycles. The van der Waals surface area contributed by atoms with E-state index in [1.54, 1.807) is 6.33 Å². The van der Waals surface area contributed by atoms with Crippen LogP contribution in [-0.4, -0.2) is 39.9 Å². The predicted octanol–water partition coefficient (Wildman–Crippen LogP) is 2.36. The second kappa shape index (κ2) is 9.53. The summed E-state index contributed by atoms with van der Waals surface area (Å²) in [5.41, 5.74) is 0. The molecule has 0 radical (unpaired) electrons. The first kappa shape index (κ1) is 17.8. The van der Waals surface area contributed by atoms with Crippen molar-refractivity contribution < 1.29 is 0 Å². The second-order valence-corrected chi connectivity index (χ2v) is 6.76. The first-order valence-corrected chi connectivity index (χ1v) is 9.10. The van der Waals surface area contributed by atoms with E-state index in [2.05, 4.69) is 46.2 Å². The van der Waals surface area contributed by atoms with Crippen LogP contribution in [0.2, 0.25) is 0 Å². The normalized spacial score (nSPS) is 16.3. The maximum absolute atomic E-state index is 4.74. The summed E-state index contributed by atoms with van der Waals surface area (Å²) in [5.74, 6) is 2.69. The molecular weight excluding hydrogens is 288 g/mol. The highest BCUT2D eigenvalue weighted by molar-refractivity contribution is 5.80. The van der Waals surface area contributed by atoms with Gasteiger partial charge in [-0.05, 0) is 25.2 Å². The average Bonchev–Trinajstić information content (AvgIpc) is 3.17. The van der Waals surface area contributed by atoms with Crippen LogP contribution in [0.1, 0.15) is 58.7 Å². The number of aromatic nitrogens is 3. The summed E-state index contributed by atoms with van der Waals surface area (Å²) in [5, 5.41) is 15.2. The Hall–Kier alpha value is -1.59. The monoisotopic (exact) mass is 320 g/mol. The third kappa shape index (κ3) is 6.20. The van der Waals surface area contributed by atoms with Gasteiger partial charge in [0.1, 0.15) is 12.2 Å². The van der Waals surface area contributed by atoms with Crippen molar-refractivity contribution in [3.63, 3.8) is 0 Å². The van der Waals surface area contributed by atoms with E-state index in [-0.39, 0.29) is 0 Å². The van der Waals surface area contributed by atoms with E-state index in [1.807, 2.05) is 0 Å². The van der Waals surface area contributed by atoms with Gasteiger partial charge in [0, 0.05) is 32.1 Å². The average molecular weight is 320 g/mol. The molecule has 0 aliphatic heterocycles. The van der Waals surface area contributed by atoms with Crippen LogP contribution in [0.15, 0.2) is 11.3 Å². The lowest BCUT2D eigenvalue weighted by Gasteiger charge is -2.18. The van der Waals surface area contributed by atoms with Gasteiger partial charge >= 0.3 is 0 Å². The van der Waals surface area contributed by atoms with Crippen LogP contribution in [-0.2, 0) is 13.0 Å². The van der Waals surface area contributed by atoms with Gasteiger partial charge in [-0.3, -0.25) is 4.99 Å². The molecular formula is C17H32N6. The minimum atomic E-state index is 0.585. The first-order valence-electron chi connectivity index (χ1n) is 9.10. The molecule has 1 fully saturated rings. The predicted molar refractivity (Wildman–Crippen MR) is 94.6 cm³/mol. The smallest absolute Gasteiger partial charge is 0.191 e. The number of hydrogen-bond donors (Lipinski definition) is 2. The quantitative estimate of drug-likeness (QED) is 0.570. The van der Waals surface area contributed by atoms with Gasteiger partial charge in [-0.2, -0.15) is 0 Å². The molecule has 1 aliphatic rings. The van der Waals surface area contributed by atoms with Gasteiger partial charge in [0.25, 0.3) is 0 Å². The third-order valence-electron chi connectivity index (χ3n) is 4.33. The summed E-state index contributed by atoms with van der Waals surface area (Å²) in [6, 6.07) is 0.585. The van der Waals surface area contributed by atoms with Crippen molar-refractivity contribution in [1.29, 1.82) is 0 Å². The van der Waals surface area contributed by atoms with Gasteiger partial charge in [0.2, 0.25) is 0 Å². The number of hydrogen-bond acceptors (Lipinski definition) is 3. The summed E-state index contributed by atoms with van der Waals surface area (Å²) in [7, 11) is 0. The Kier molecular flexibility index (Phi) is 7.36. The van der Waals surface area contributed by atoms with Crippen molar-refractivity contribution in [2.24, 2.45) is 10.9 Å². The summed E-state index contributed by atoms with van der Waals surface area (Å²) in [6.45, 7) is 9.18. The van der Waals surface area contributed by atoms with Crippen LogP contribution >= 0.6 is 0 Å². The lowest BCUT2D eigenvalue weighted by Crippen LogP contribution is -2.43. The SMILES string of the molecule is CCc1nncn1CCNC(=NCCC(C)C)NC1CCCC1. The van der Waals surface area contributed by atoms with E-state index < -0.39 is 0 Å². The maximum atomic E-state index is 4.74. The van der Waals surface area contributed by atoms with Crippen molar-refractivity contribution in [2.75, 3.05) is 13.1 Å². The molecule has 6 nitrogen and oxygen atoms in total. The molecule has 0 unspecified atom stereocenters. The summed E-state index contributed by atoms with van der Waals surface area (Å²) in [6.07, 6.45) is 9.03. The Morgan fingerprint density at radius 2 is 2.17 bits per heavy atom. The number of aliphatic imine (C=N–C) groups is 1. The molecule has 2 rings (SSSR count). The topological polar surface area (TPSA) is 67.1 Å². The van der Waals surface area contributed by atoms with E-state index in [4.69, 9.17) is 4.99 Å². The Morgan fingerprint density at radius 1 is 1.39 bits per heavy atom. The van der Waals surface area contributed by atoms with Gasteiger partial charge < -0.3 is 15.2 Å². The molecule has 1 aromatic rings. The minimum absolute atomic E-state index is 0.585. The Labute approximate surface area is 140 Å². The summed E-state index contributed by atoms with van der Waals surface area (Å²) in [4.78, 5) is 4.74. The Bertz CT molecular complexity index is 473. The van der Waals surface area contributed by atoms with Crippen LogP contribution in [0, 0.1) is 5.92 Å². The molecule has 0 atom stereocenters. The molecule has 0 aromatic carbocycles. The zero-order chi connectivity index (χ0) is 16.5. The lowest BCUT2D eigenvalue weighted by molar-refractivity contribution is 0.576. The molecule has 1 aromatic heterocycles.